The van der Waals surface area contributed by atoms with Gasteiger partial charge < -0.3 is 5.73 Å². The summed E-state index contributed by atoms with van der Waals surface area (Å²) in [6, 6.07) is 6.11. The number of benzene rings is 1. The summed E-state index contributed by atoms with van der Waals surface area (Å²) in [7, 11) is 0. The van der Waals surface area contributed by atoms with E-state index in [9.17, 15) is 0 Å². The number of hydrogen-bond donors (Lipinski definition) is 1. The van der Waals surface area contributed by atoms with Crippen LogP contribution in [0, 0.1) is 6.92 Å². The van der Waals surface area contributed by atoms with Crippen LogP contribution in [0.4, 0.5) is 5.69 Å². The van der Waals surface area contributed by atoms with E-state index in [4.69, 9.17) is 5.73 Å². The molecule has 1 aromatic heterocycles. The summed E-state index contributed by atoms with van der Waals surface area (Å²) in [6.07, 6.45) is 1.83. The van der Waals surface area contributed by atoms with Crippen LogP contribution in [0.3, 0.4) is 0 Å². The van der Waals surface area contributed by atoms with Crippen LogP contribution in [0.25, 0.3) is 0 Å². The molecule has 0 atom stereocenters. The summed E-state index contributed by atoms with van der Waals surface area (Å²) >= 11 is 3.42. The number of rotatable bonds is 3. The van der Waals surface area contributed by atoms with Crippen molar-refractivity contribution in [1.29, 1.82) is 0 Å². The minimum Gasteiger partial charge on any atom is -0.398 e. The first kappa shape index (κ1) is 10.5. The highest BCUT2D eigenvalue weighted by Gasteiger charge is 2.02. The van der Waals surface area contributed by atoms with Gasteiger partial charge in [0.25, 0.3) is 0 Å². The van der Waals surface area contributed by atoms with Gasteiger partial charge in [0.2, 0.25) is 0 Å². The lowest BCUT2D eigenvalue weighted by Gasteiger charge is -2.04. The predicted octanol–water partition coefficient (Wildman–Crippen LogP) is 3.33. The van der Waals surface area contributed by atoms with Crippen LogP contribution in [0.15, 0.2) is 34.7 Å². The van der Waals surface area contributed by atoms with Gasteiger partial charge in [-0.3, -0.25) is 0 Å². The van der Waals surface area contributed by atoms with Crippen LogP contribution in [-0.4, -0.2) is 4.98 Å². The minimum atomic E-state index is 0.849. The van der Waals surface area contributed by atoms with E-state index in [1.165, 1.54) is 5.56 Å². The number of aryl methyl sites for hydroxylation is 1. The number of thiazole rings is 1. The average molecular weight is 236 g/mol. The van der Waals surface area contributed by atoms with Gasteiger partial charge in [-0.1, -0.05) is 6.07 Å². The van der Waals surface area contributed by atoms with Crippen LogP contribution >= 0.6 is 23.1 Å². The Balaban J connectivity index is 2.07. The zero-order valence-corrected chi connectivity index (χ0v) is 10.1. The fraction of sp³-hybridized carbons (Fsp3) is 0.182. The maximum Gasteiger partial charge on any atom is 0.103 e. The number of aromatic nitrogens is 1. The third kappa shape index (κ3) is 2.73. The minimum absolute atomic E-state index is 0.849. The Bertz CT molecular complexity index is 438. The number of hydrogen-bond acceptors (Lipinski definition) is 4. The Kier molecular flexibility index (Phi) is 3.28. The predicted molar refractivity (Wildman–Crippen MR) is 67.3 cm³/mol. The molecule has 0 amide bonds. The molecule has 2 rings (SSSR count). The van der Waals surface area contributed by atoms with Crippen LogP contribution in [0.2, 0.25) is 0 Å². The molecule has 0 spiro atoms. The van der Waals surface area contributed by atoms with Gasteiger partial charge in [0.1, 0.15) is 5.01 Å². The van der Waals surface area contributed by atoms with Crippen LogP contribution in [0.1, 0.15) is 10.6 Å². The first-order chi connectivity index (χ1) is 7.25. The summed E-state index contributed by atoms with van der Waals surface area (Å²) < 4.78 is 0. The largest absolute Gasteiger partial charge is 0.398 e. The van der Waals surface area contributed by atoms with Gasteiger partial charge in [0, 0.05) is 22.2 Å². The summed E-state index contributed by atoms with van der Waals surface area (Å²) in [4.78, 5) is 5.38. The van der Waals surface area contributed by atoms with Gasteiger partial charge in [-0.05, 0) is 24.6 Å². The molecule has 0 saturated heterocycles. The molecule has 1 aromatic carbocycles. The normalized spacial score (nSPS) is 10.5. The second kappa shape index (κ2) is 4.68. The molecular formula is C11H12N2S2. The third-order valence-corrected chi connectivity index (χ3v) is 4.05. The Labute approximate surface area is 97.5 Å². The Hall–Kier alpha value is -1.00. The van der Waals surface area contributed by atoms with Crippen molar-refractivity contribution in [3.05, 3.63) is 40.3 Å². The maximum absolute atomic E-state index is 5.89. The van der Waals surface area contributed by atoms with Crippen molar-refractivity contribution in [2.75, 3.05) is 5.73 Å². The van der Waals surface area contributed by atoms with Crippen molar-refractivity contribution in [1.82, 2.24) is 4.98 Å². The lowest BCUT2D eigenvalue weighted by molar-refractivity contribution is 1.26. The molecule has 2 N–H and O–H groups in total. The number of thioether (sulfide) groups is 1. The van der Waals surface area contributed by atoms with Crippen LogP contribution in [0.5, 0.6) is 0 Å². The van der Waals surface area contributed by atoms with Crippen molar-refractivity contribution in [2.24, 2.45) is 0 Å². The van der Waals surface area contributed by atoms with Crippen LogP contribution in [-0.2, 0) is 5.75 Å². The molecule has 0 saturated carbocycles. The Morgan fingerprint density at radius 2 is 2.33 bits per heavy atom. The summed E-state index contributed by atoms with van der Waals surface area (Å²) in [5.74, 6) is 0.894. The topological polar surface area (TPSA) is 38.9 Å². The molecule has 2 nitrogen and oxygen atoms in total. The molecule has 0 bridgehead atoms. The summed E-state index contributed by atoms with van der Waals surface area (Å²) in [6.45, 7) is 2.08. The van der Waals surface area contributed by atoms with E-state index in [2.05, 4.69) is 18.0 Å². The molecule has 4 heteroatoms. The lowest BCUT2D eigenvalue weighted by Crippen LogP contribution is -1.89. The van der Waals surface area contributed by atoms with E-state index in [0.717, 1.165) is 21.3 Å². The van der Waals surface area contributed by atoms with Crippen LogP contribution < -0.4 is 5.73 Å². The van der Waals surface area contributed by atoms with E-state index < -0.39 is 0 Å². The first-order valence-corrected chi connectivity index (χ1v) is 6.49. The molecule has 2 aromatic rings. The molecule has 0 fully saturated rings. The van der Waals surface area contributed by atoms with Gasteiger partial charge >= 0.3 is 0 Å². The van der Waals surface area contributed by atoms with E-state index in [1.54, 1.807) is 23.1 Å². The molecule has 15 heavy (non-hydrogen) atoms. The zero-order valence-electron chi connectivity index (χ0n) is 8.43. The summed E-state index contributed by atoms with van der Waals surface area (Å²) in [5, 5.41) is 3.14. The van der Waals surface area contributed by atoms with Crippen molar-refractivity contribution >= 4 is 28.8 Å². The van der Waals surface area contributed by atoms with E-state index in [0.29, 0.717) is 0 Å². The van der Waals surface area contributed by atoms with Crippen molar-refractivity contribution < 1.29 is 0 Å². The van der Waals surface area contributed by atoms with E-state index in [1.807, 2.05) is 23.7 Å². The van der Waals surface area contributed by atoms with Gasteiger partial charge in [-0.25, -0.2) is 4.98 Å². The average Bonchev–Trinajstić information content (AvgIpc) is 2.72. The molecule has 0 unspecified atom stereocenters. The maximum atomic E-state index is 5.89. The lowest BCUT2D eigenvalue weighted by atomic mass is 10.2. The number of anilines is 1. The molecular weight excluding hydrogens is 224 g/mol. The molecule has 78 valence electrons. The highest BCUT2D eigenvalue weighted by Crippen LogP contribution is 2.29. The zero-order chi connectivity index (χ0) is 10.7. The van der Waals surface area contributed by atoms with Gasteiger partial charge in [-0.2, -0.15) is 0 Å². The molecule has 0 aliphatic rings. The highest BCUT2D eigenvalue weighted by molar-refractivity contribution is 7.98. The monoisotopic (exact) mass is 236 g/mol. The van der Waals surface area contributed by atoms with Crippen molar-refractivity contribution in [3.8, 4) is 0 Å². The molecule has 0 aliphatic heterocycles. The van der Waals surface area contributed by atoms with Crippen molar-refractivity contribution in [2.45, 2.75) is 17.6 Å². The fourth-order valence-corrected chi connectivity index (χ4v) is 2.94. The smallest absolute Gasteiger partial charge is 0.103 e. The van der Waals surface area contributed by atoms with E-state index >= 15 is 0 Å². The number of nitrogens with zero attached hydrogens (tertiary/aromatic N) is 1. The number of nitrogens with two attached hydrogens (primary N) is 1. The Morgan fingerprint density at radius 3 is 3.07 bits per heavy atom. The first-order valence-electron chi connectivity index (χ1n) is 4.63. The molecule has 1 heterocycles. The molecule has 0 aliphatic carbocycles. The summed E-state index contributed by atoms with van der Waals surface area (Å²) in [5.41, 5.74) is 7.98. The SMILES string of the molecule is Cc1ccc(N)c(SCc2nccs2)c1. The highest BCUT2D eigenvalue weighted by atomic mass is 32.2. The quantitative estimate of drug-likeness (QED) is 0.656. The standard InChI is InChI=1S/C11H12N2S2/c1-8-2-3-9(12)10(6-8)15-7-11-13-4-5-14-11/h2-6H,7,12H2,1H3. The second-order valence-corrected chi connectivity index (χ2v) is 5.25. The Morgan fingerprint density at radius 1 is 1.47 bits per heavy atom. The third-order valence-electron chi connectivity index (χ3n) is 2.00. The van der Waals surface area contributed by atoms with E-state index in [-0.39, 0.29) is 0 Å². The van der Waals surface area contributed by atoms with Crippen molar-refractivity contribution in [3.63, 3.8) is 0 Å². The fourth-order valence-electron chi connectivity index (χ4n) is 1.23. The van der Waals surface area contributed by atoms with Gasteiger partial charge in [-0.15, -0.1) is 23.1 Å². The molecule has 0 radical (unpaired) electrons. The second-order valence-electron chi connectivity index (χ2n) is 3.26. The van der Waals surface area contributed by atoms with Gasteiger partial charge in [0.15, 0.2) is 0 Å². The number of nitrogen functional groups attached to an aromatic ring is 1. The van der Waals surface area contributed by atoms with Gasteiger partial charge in [0.05, 0.1) is 5.75 Å².